The van der Waals surface area contributed by atoms with E-state index < -0.39 is 31.8 Å². The lowest BCUT2D eigenvalue weighted by Gasteiger charge is -2.30. The number of piperazine rings is 1. The van der Waals surface area contributed by atoms with Gasteiger partial charge >= 0.3 is 0 Å². The highest BCUT2D eigenvalue weighted by Crippen LogP contribution is 2.16. The molecule has 2 aromatic rings. The predicted molar refractivity (Wildman–Crippen MR) is 110 cm³/mol. The van der Waals surface area contributed by atoms with Gasteiger partial charge in [-0.25, -0.2) is 16.8 Å². The Morgan fingerprint density at radius 1 is 0.700 bits per heavy atom. The van der Waals surface area contributed by atoms with Crippen molar-refractivity contribution in [2.75, 3.05) is 12.5 Å². The van der Waals surface area contributed by atoms with Gasteiger partial charge in [-0.05, 0) is 35.4 Å². The molecule has 2 unspecified atom stereocenters. The highest BCUT2D eigenvalue weighted by molar-refractivity contribution is 7.91. The van der Waals surface area contributed by atoms with Crippen molar-refractivity contribution in [1.82, 2.24) is 10.6 Å². The third-order valence-corrected chi connectivity index (χ3v) is 7.02. The maximum Gasteiger partial charge on any atom is 0.243 e. The zero-order valence-electron chi connectivity index (χ0n) is 16.5. The Bertz CT molecular complexity index is 1110. The highest BCUT2D eigenvalue weighted by Gasteiger charge is 2.33. The van der Waals surface area contributed by atoms with Gasteiger partial charge in [0.15, 0.2) is 19.7 Å². The average molecular weight is 451 g/mol. The average Bonchev–Trinajstić information content (AvgIpc) is 2.65. The van der Waals surface area contributed by atoms with E-state index >= 15 is 0 Å². The first kappa shape index (κ1) is 22.0. The van der Waals surface area contributed by atoms with Crippen LogP contribution in [0.5, 0.6) is 0 Å². The van der Waals surface area contributed by atoms with Crippen LogP contribution in [-0.4, -0.2) is 53.2 Å². The molecule has 10 heteroatoms. The molecule has 0 bridgehead atoms. The number of carbonyl (C=O) groups excluding carboxylic acids is 2. The second kappa shape index (κ2) is 8.19. The summed E-state index contributed by atoms with van der Waals surface area (Å²) in [5, 5.41) is 5.34. The molecular weight excluding hydrogens is 428 g/mol. The van der Waals surface area contributed by atoms with Crippen LogP contribution in [0.4, 0.5) is 0 Å². The lowest BCUT2D eigenvalue weighted by molar-refractivity contribution is -0.136. The molecule has 0 radical (unpaired) electrons. The molecule has 30 heavy (non-hydrogen) atoms. The minimum atomic E-state index is -3.38. The van der Waals surface area contributed by atoms with Gasteiger partial charge in [0, 0.05) is 25.4 Å². The van der Waals surface area contributed by atoms with Crippen LogP contribution in [0.3, 0.4) is 0 Å². The minimum absolute atomic E-state index is 0.145. The Morgan fingerprint density at radius 3 is 1.40 bits per heavy atom. The van der Waals surface area contributed by atoms with E-state index in [0.29, 0.717) is 11.1 Å². The molecule has 1 saturated heterocycles. The quantitative estimate of drug-likeness (QED) is 0.650. The van der Waals surface area contributed by atoms with Crippen LogP contribution in [0.15, 0.2) is 58.3 Å². The molecule has 1 heterocycles. The Hall–Kier alpha value is -2.72. The highest BCUT2D eigenvalue weighted by atomic mass is 32.2. The van der Waals surface area contributed by atoms with Gasteiger partial charge in [-0.3, -0.25) is 9.59 Å². The first-order chi connectivity index (χ1) is 13.9. The molecule has 2 N–H and O–H groups in total. The van der Waals surface area contributed by atoms with Crippen LogP contribution in [0.2, 0.25) is 0 Å². The van der Waals surface area contributed by atoms with Crippen LogP contribution >= 0.6 is 0 Å². The van der Waals surface area contributed by atoms with Crippen LogP contribution in [0, 0.1) is 0 Å². The molecule has 0 spiro atoms. The van der Waals surface area contributed by atoms with E-state index in [1.54, 1.807) is 24.3 Å². The van der Waals surface area contributed by atoms with Gasteiger partial charge in [-0.1, -0.05) is 24.3 Å². The molecule has 0 aliphatic carbocycles. The smallest absolute Gasteiger partial charge is 0.243 e. The first-order valence-electron chi connectivity index (χ1n) is 9.12. The third-order valence-electron chi connectivity index (χ3n) is 4.80. The van der Waals surface area contributed by atoms with Crippen molar-refractivity contribution in [2.24, 2.45) is 0 Å². The summed E-state index contributed by atoms with van der Waals surface area (Å²) in [4.78, 5) is 25.3. The number of sulfone groups is 2. The van der Waals surface area contributed by atoms with Gasteiger partial charge in [-0.2, -0.15) is 0 Å². The normalized spacial score (nSPS) is 19.8. The van der Waals surface area contributed by atoms with E-state index in [0.717, 1.165) is 12.5 Å². The van der Waals surface area contributed by atoms with Crippen molar-refractivity contribution in [3.8, 4) is 0 Å². The molecule has 1 aliphatic rings. The zero-order valence-corrected chi connectivity index (χ0v) is 18.1. The van der Waals surface area contributed by atoms with E-state index in [1.807, 2.05) is 0 Å². The Balaban J connectivity index is 1.71. The number of hydrogen-bond donors (Lipinski definition) is 2. The van der Waals surface area contributed by atoms with Gasteiger partial charge in [0.1, 0.15) is 12.1 Å². The molecule has 1 aliphatic heterocycles. The molecule has 2 atom stereocenters. The van der Waals surface area contributed by atoms with Gasteiger partial charge < -0.3 is 10.6 Å². The Labute approximate surface area is 175 Å². The number of nitrogens with one attached hydrogen (secondary N) is 2. The van der Waals surface area contributed by atoms with E-state index in [1.165, 1.54) is 24.3 Å². The van der Waals surface area contributed by atoms with E-state index in [9.17, 15) is 26.4 Å². The molecule has 1 fully saturated rings. The van der Waals surface area contributed by atoms with Crippen LogP contribution < -0.4 is 10.6 Å². The van der Waals surface area contributed by atoms with Crippen LogP contribution in [0.1, 0.15) is 11.1 Å². The fraction of sp³-hybridized carbons (Fsp3) is 0.300. The summed E-state index contributed by atoms with van der Waals surface area (Å²) in [6.07, 6.45) is 2.50. The summed E-state index contributed by atoms with van der Waals surface area (Å²) in [5.74, 6) is -0.771. The lowest BCUT2D eigenvalue weighted by atomic mass is 9.98. The molecular formula is C20H22N2O6S2. The third kappa shape index (κ3) is 5.25. The van der Waals surface area contributed by atoms with E-state index in [4.69, 9.17) is 0 Å². The maximum atomic E-state index is 12.5. The summed E-state index contributed by atoms with van der Waals surface area (Å²) < 4.78 is 46.8. The summed E-state index contributed by atoms with van der Waals surface area (Å²) >= 11 is 0. The predicted octanol–water partition coefficient (Wildman–Crippen LogP) is 0.262. The summed E-state index contributed by atoms with van der Waals surface area (Å²) in [7, 11) is -6.76. The molecule has 2 amide bonds. The Kier molecular flexibility index (Phi) is 6.00. The number of rotatable bonds is 6. The standard InChI is InChI=1S/C20H22N2O6S2/c1-29(25,26)15-7-3-5-13(9-15)11-17-19(23)22-18(20(24)21-17)12-14-6-4-8-16(10-14)30(2,27)28/h3-10,17-18H,11-12H2,1-2H3,(H,21,24)(H,22,23). The summed E-state index contributed by atoms with van der Waals surface area (Å²) in [5.41, 5.74) is 1.22. The summed E-state index contributed by atoms with van der Waals surface area (Å²) in [6, 6.07) is 10.8. The monoisotopic (exact) mass is 450 g/mol. The second-order valence-corrected chi connectivity index (χ2v) is 11.4. The van der Waals surface area contributed by atoms with Crippen molar-refractivity contribution in [1.29, 1.82) is 0 Å². The van der Waals surface area contributed by atoms with Crippen LogP contribution in [-0.2, 0) is 42.1 Å². The number of amides is 2. The molecule has 160 valence electrons. The molecule has 2 aromatic carbocycles. The van der Waals surface area contributed by atoms with E-state index in [2.05, 4.69) is 10.6 Å². The second-order valence-electron chi connectivity index (χ2n) is 7.37. The van der Waals surface area contributed by atoms with E-state index in [-0.39, 0.29) is 34.4 Å². The lowest BCUT2D eigenvalue weighted by Crippen LogP contribution is -2.62. The molecule has 8 nitrogen and oxygen atoms in total. The maximum absolute atomic E-state index is 12.5. The van der Waals surface area contributed by atoms with Crippen molar-refractivity contribution in [2.45, 2.75) is 34.7 Å². The largest absolute Gasteiger partial charge is 0.342 e. The molecule has 0 aromatic heterocycles. The van der Waals surface area contributed by atoms with Crippen molar-refractivity contribution in [3.63, 3.8) is 0 Å². The minimum Gasteiger partial charge on any atom is -0.342 e. The SMILES string of the molecule is CS(=O)(=O)c1cccc(CC2NC(=O)C(Cc3cccc(S(C)(=O)=O)c3)NC2=O)c1. The Morgan fingerprint density at radius 2 is 1.07 bits per heavy atom. The number of benzene rings is 2. The summed E-state index contributed by atoms with van der Waals surface area (Å²) in [6.45, 7) is 0. The first-order valence-corrected chi connectivity index (χ1v) is 12.9. The number of carbonyl (C=O) groups is 2. The van der Waals surface area contributed by atoms with Gasteiger partial charge in [-0.15, -0.1) is 0 Å². The zero-order chi connectivity index (χ0) is 22.1. The topological polar surface area (TPSA) is 126 Å². The molecule has 3 rings (SSSR count). The fourth-order valence-electron chi connectivity index (χ4n) is 3.24. The van der Waals surface area contributed by atoms with Crippen molar-refractivity contribution < 1.29 is 26.4 Å². The van der Waals surface area contributed by atoms with Gasteiger partial charge in [0.25, 0.3) is 0 Å². The number of hydrogen-bond acceptors (Lipinski definition) is 6. The fourth-order valence-corrected chi connectivity index (χ4v) is 4.62. The molecule has 0 saturated carbocycles. The van der Waals surface area contributed by atoms with Gasteiger partial charge in [0.05, 0.1) is 9.79 Å². The van der Waals surface area contributed by atoms with Crippen molar-refractivity contribution in [3.05, 3.63) is 59.7 Å². The van der Waals surface area contributed by atoms with Crippen LogP contribution in [0.25, 0.3) is 0 Å². The van der Waals surface area contributed by atoms with Gasteiger partial charge in [0.2, 0.25) is 11.8 Å². The van der Waals surface area contributed by atoms with Crippen molar-refractivity contribution >= 4 is 31.5 Å².